The van der Waals surface area contributed by atoms with Crippen LogP contribution in [0.4, 0.5) is 0 Å². The van der Waals surface area contributed by atoms with Crippen molar-refractivity contribution in [2.75, 3.05) is 0 Å². The van der Waals surface area contributed by atoms with E-state index in [0.29, 0.717) is 6.42 Å². The Bertz CT molecular complexity index is 600. The normalized spacial score (nSPS) is 12.3. The van der Waals surface area contributed by atoms with Crippen LogP contribution in [-0.2, 0) is 4.79 Å². The zero-order chi connectivity index (χ0) is 15.8. The SMILES string of the molecule is CCCCCCCC(=O)NC(C)c1cccc2ccccc12. The minimum Gasteiger partial charge on any atom is -0.350 e. The van der Waals surface area contributed by atoms with Crippen LogP contribution < -0.4 is 5.32 Å². The molecule has 1 unspecified atom stereocenters. The van der Waals surface area contributed by atoms with Gasteiger partial charge in [0.25, 0.3) is 0 Å². The smallest absolute Gasteiger partial charge is 0.220 e. The summed E-state index contributed by atoms with van der Waals surface area (Å²) in [6, 6.07) is 14.7. The lowest BCUT2D eigenvalue weighted by molar-refractivity contribution is -0.121. The van der Waals surface area contributed by atoms with Crippen molar-refractivity contribution in [3.05, 3.63) is 48.0 Å². The molecule has 1 atom stereocenters. The number of amides is 1. The quantitative estimate of drug-likeness (QED) is 0.651. The molecule has 2 aromatic carbocycles. The van der Waals surface area contributed by atoms with E-state index >= 15 is 0 Å². The van der Waals surface area contributed by atoms with Gasteiger partial charge >= 0.3 is 0 Å². The highest BCUT2D eigenvalue weighted by Crippen LogP contribution is 2.24. The van der Waals surface area contributed by atoms with Gasteiger partial charge in [-0.1, -0.05) is 75.1 Å². The molecule has 22 heavy (non-hydrogen) atoms. The van der Waals surface area contributed by atoms with Gasteiger partial charge in [0.05, 0.1) is 6.04 Å². The van der Waals surface area contributed by atoms with Gasteiger partial charge in [0, 0.05) is 6.42 Å². The Morgan fingerprint density at radius 1 is 1.00 bits per heavy atom. The van der Waals surface area contributed by atoms with Crippen LogP contribution in [0.2, 0.25) is 0 Å². The van der Waals surface area contributed by atoms with E-state index in [1.807, 2.05) is 12.1 Å². The highest BCUT2D eigenvalue weighted by Gasteiger charge is 2.11. The second-order valence-electron chi connectivity index (χ2n) is 6.02. The highest BCUT2D eigenvalue weighted by molar-refractivity contribution is 5.86. The van der Waals surface area contributed by atoms with Gasteiger partial charge in [-0.05, 0) is 29.7 Å². The second-order valence-corrected chi connectivity index (χ2v) is 6.02. The number of fused-ring (bicyclic) bond motifs is 1. The molecule has 1 amide bonds. The largest absolute Gasteiger partial charge is 0.350 e. The van der Waals surface area contributed by atoms with Gasteiger partial charge in [-0.3, -0.25) is 4.79 Å². The van der Waals surface area contributed by atoms with Crippen LogP contribution in [-0.4, -0.2) is 5.91 Å². The summed E-state index contributed by atoms with van der Waals surface area (Å²) < 4.78 is 0. The number of hydrogen-bond donors (Lipinski definition) is 1. The Labute approximate surface area is 133 Å². The number of unbranched alkanes of at least 4 members (excludes halogenated alkanes) is 4. The lowest BCUT2D eigenvalue weighted by Crippen LogP contribution is -2.26. The maximum atomic E-state index is 12.1. The van der Waals surface area contributed by atoms with Crippen LogP contribution in [0.1, 0.15) is 64.0 Å². The molecule has 0 radical (unpaired) electrons. The Balaban J connectivity index is 1.91. The monoisotopic (exact) mass is 297 g/mol. The summed E-state index contributed by atoms with van der Waals surface area (Å²) >= 11 is 0. The number of hydrogen-bond acceptors (Lipinski definition) is 1. The van der Waals surface area contributed by atoms with Gasteiger partial charge in [0.2, 0.25) is 5.91 Å². The van der Waals surface area contributed by atoms with Crippen molar-refractivity contribution in [1.82, 2.24) is 5.32 Å². The Morgan fingerprint density at radius 3 is 2.55 bits per heavy atom. The Hall–Kier alpha value is -1.83. The maximum Gasteiger partial charge on any atom is 0.220 e. The molecule has 0 aliphatic carbocycles. The lowest BCUT2D eigenvalue weighted by Gasteiger charge is -2.16. The molecule has 2 aromatic rings. The van der Waals surface area contributed by atoms with Crippen molar-refractivity contribution in [2.24, 2.45) is 0 Å². The molecule has 2 rings (SSSR count). The van der Waals surface area contributed by atoms with Crippen molar-refractivity contribution in [1.29, 1.82) is 0 Å². The molecule has 0 aliphatic heterocycles. The van der Waals surface area contributed by atoms with E-state index in [9.17, 15) is 4.79 Å². The van der Waals surface area contributed by atoms with Crippen molar-refractivity contribution < 1.29 is 4.79 Å². The molecule has 0 fully saturated rings. The van der Waals surface area contributed by atoms with Crippen LogP contribution in [0, 0.1) is 0 Å². The fourth-order valence-corrected chi connectivity index (χ4v) is 2.91. The molecule has 0 saturated carbocycles. The topological polar surface area (TPSA) is 29.1 Å². The zero-order valence-electron chi connectivity index (χ0n) is 13.8. The summed E-state index contributed by atoms with van der Waals surface area (Å²) in [6.07, 6.45) is 6.54. The first kappa shape index (κ1) is 16.5. The van der Waals surface area contributed by atoms with E-state index in [1.54, 1.807) is 0 Å². The van der Waals surface area contributed by atoms with E-state index in [4.69, 9.17) is 0 Å². The number of carbonyl (C=O) groups excluding carboxylic acids is 1. The van der Waals surface area contributed by atoms with Crippen LogP contribution in [0.25, 0.3) is 10.8 Å². The van der Waals surface area contributed by atoms with Gasteiger partial charge in [-0.25, -0.2) is 0 Å². The molecule has 0 aliphatic rings. The van der Waals surface area contributed by atoms with E-state index in [0.717, 1.165) is 12.8 Å². The molecule has 2 heteroatoms. The molecule has 0 aromatic heterocycles. The summed E-state index contributed by atoms with van der Waals surface area (Å²) in [5.41, 5.74) is 1.19. The molecular weight excluding hydrogens is 270 g/mol. The van der Waals surface area contributed by atoms with Crippen molar-refractivity contribution in [3.63, 3.8) is 0 Å². The molecule has 0 heterocycles. The first-order chi connectivity index (χ1) is 10.7. The third-order valence-corrected chi connectivity index (χ3v) is 4.17. The van der Waals surface area contributed by atoms with Crippen LogP contribution >= 0.6 is 0 Å². The predicted octanol–water partition coefficient (Wildman–Crippen LogP) is 5.38. The first-order valence-electron chi connectivity index (χ1n) is 8.49. The molecule has 1 N–H and O–H groups in total. The third-order valence-electron chi connectivity index (χ3n) is 4.17. The molecule has 0 saturated heterocycles. The molecule has 118 valence electrons. The van der Waals surface area contributed by atoms with Gasteiger partial charge in [0.1, 0.15) is 0 Å². The van der Waals surface area contributed by atoms with E-state index in [1.165, 1.54) is 35.6 Å². The average molecular weight is 297 g/mol. The maximum absolute atomic E-state index is 12.1. The van der Waals surface area contributed by atoms with E-state index in [2.05, 4.69) is 49.5 Å². The molecule has 0 spiro atoms. The van der Waals surface area contributed by atoms with Crippen molar-refractivity contribution >= 4 is 16.7 Å². The third kappa shape index (κ3) is 4.59. The van der Waals surface area contributed by atoms with E-state index in [-0.39, 0.29) is 11.9 Å². The summed E-state index contributed by atoms with van der Waals surface area (Å²) in [5.74, 6) is 0.164. The van der Waals surface area contributed by atoms with Gasteiger partial charge in [-0.2, -0.15) is 0 Å². The van der Waals surface area contributed by atoms with Crippen LogP contribution in [0.3, 0.4) is 0 Å². The van der Waals surface area contributed by atoms with Crippen LogP contribution in [0.5, 0.6) is 0 Å². The highest BCUT2D eigenvalue weighted by atomic mass is 16.1. The summed E-state index contributed by atoms with van der Waals surface area (Å²) in [5, 5.41) is 5.59. The van der Waals surface area contributed by atoms with Crippen molar-refractivity contribution in [2.45, 2.75) is 58.4 Å². The minimum absolute atomic E-state index is 0.0502. The predicted molar refractivity (Wildman–Crippen MR) is 93.9 cm³/mol. The average Bonchev–Trinajstić information content (AvgIpc) is 2.54. The van der Waals surface area contributed by atoms with Gasteiger partial charge in [-0.15, -0.1) is 0 Å². The fraction of sp³-hybridized carbons (Fsp3) is 0.450. The Morgan fingerprint density at radius 2 is 1.73 bits per heavy atom. The minimum atomic E-state index is 0.0502. The molecule has 0 bridgehead atoms. The standard InChI is InChI=1S/C20H27NO/c1-3-4-5-6-7-15-20(22)21-16(2)18-14-10-12-17-11-8-9-13-19(17)18/h8-14,16H,3-7,15H2,1-2H3,(H,21,22). The summed E-state index contributed by atoms with van der Waals surface area (Å²) in [6.45, 7) is 4.27. The van der Waals surface area contributed by atoms with E-state index < -0.39 is 0 Å². The Kier molecular flexibility index (Phi) is 6.45. The summed E-state index contributed by atoms with van der Waals surface area (Å²) in [7, 11) is 0. The summed E-state index contributed by atoms with van der Waals surface area (Å²) in [4.78, 5) is 12.1. The number of rotatable bonds is 8. The van der Waals surface area contributed by atoms with Gasteiger partial charge < -0.3 is 5.32 Å². The zero-order valence-corrected chi connectivity index (χ0v) is 13.8. The first-order valence-corrected chi connectivity index (χ1v) is 8.49. The number of benzene rings is 2. The number of carbonyl (C=O) groups is 1. The number of nitrogens with one attached hydrogen (secondary N) is 1. The van der Waals surface area contributed by atoms with Crippen molar-refractivity contribution in [3.8, 4) is 0 Å². The lowest BCUT2D eigenvalue weighted by atomic mass is 9.99. The molecular formula is C20H27NO. The second kappa shape index (κ2) is 8.57. The molecule has 2 nitrogen and oxygen atoms in total. The fourth-order valence-electron chi connectivity index (χ4n) is 2.91. The van der Waals surface area contributed by atoms with Gasteiger partial charge in [0.15, 0.2) is 0 Å². The van der Waals surface area contributed by atoms with Crippen LogP contribution in [0.15, 0.2) is 42.5 Å².